The molecule has 108 valence electrons. The number of amides is 1. The molecule has 5 heteroatoms. The maximum absolute atomic E-state index is 12.0. The smallest absolute Gasteiger partial charge is 0.389 e. The molecule has 5 nitrogen and oxygen atoms in total. The zero-order valence-electron chi connectivity index (χ0n) is 11.3. The quantitative estimate of drug-likeness (QED) is 0.695. The molecule has 2 unspecified atom stereocenters. The fraction of sp³-hybridized carbons (Fsp3) is 0.188. The fourth-order valence-corrected chi connectivity index (χ4v) is 2.33. The summed E-state index contributed by atoms with van der Waals surface area (Å²) in [5.74, 6) is 0.447. The number of carbonyl (C=O) groups is 1. The third-order valence-electron chi connectivity index (χ3n) is 3.41. The maximum Gasteiger partial charge on any atom is 0.453 e. The predicted molar refractivity (Wildman–Crippen MR) is 75.4 cm³/mol. The van der Waals surface area contributed by atoms with E-state index in [1.54, 1.807) is 24.3 Å². The molecule has 0 aromatic heterocycles. The van der Waals surface area contributed by atoms with E-state index in [2.05, 4.69) is 0 Å². The number of para-hydroxylation sites is 1. The van der Waals surface area contributed by atoms with E-state index < -0.39 is 18.2 Å². The standard InChI is InChI=1S/C16H15NO4/c18-14-11-17(15(14)12-7-3-1-4-8-12)16(19)21-20-13-9-5-2-6-10-13/h1-10,14-15,18H,11H2. The van der Waals surface area contributed by atoms with Crippen LogP contribution >= 0.6 is 0 Å². The lowest BCUT2D eigenvalue weighted by Crippen LogP contribution is -2.56. The fourth-order valence-electron chi connectivity index (χ4n) is 2.33. The van der Waals surface area contributed by atoms with Crippen LogP contribution in [0.3, 0.4) is 0 Å². The monoisotopic (exact) mass is 285 g/mol. The van der Waals surface area contributed by atoms with Crippen LogP contribution in [-0.4, -0.2) is 28.7 Å². The van der Waals surface area contributed by atoms with E-state index in [4.69, 9.17) is 9.78 Å². The summed E-state index contributed by atoms with van der Waals surface area (Å²) in [7, 11) is 0. The molecule has 2 aromatic carbocycles. The minimum Gasteiger partial charge on any atom is -0.389 e. The van der Waals surface area contributed by atoms with Gasteiger partial charge in [-0.25, -0.2) is 9.68 Å². The summed E-state index contributed by atoms with van der Waals surface area (Å²) in [5.41, 5.74) is 0.868. The summed E-state index contributed by atoms with van der Waals surface area (Å²) in [6.07, 6.45) is -1.20. The molecule has 1 aliphatic heterocycles. The summed E-state index contributed by atoms with van der Waals surface area (Å²) < 4.78 is 0. The van der Waals surface area contributed by atoms with E-state index in [0.717, 1.165) is 5.56 Å². The zero-order valence-corrected chi connectivity index (χ0v) is 11.3. The third kappa shape index (κ3) is 2.83. The molecule has 1 saturated heterocycles. The zero-order chi connectivity index (χ0) is 14.7. The number of aliphatic hydroxyl groups is 1. The molecule has 1 heterocycles. The first-order chi connectivity index (χ1) is 10.3. The van der Waals surface area contributed by atoms with Crippen LogP contribution in [0.1, 0.15) is 11.6 Å². The molecule has 3 rings (SSSR count). The van der Waals surface area contributed by atoms with E-state index >= 15 is 0 Å². The maximum atomic E-state index is 12.0. The Kier molecular flexibility index (Phi) is 3.75. The minimum atomic E-state index is -0.613. The molecule has 0 bridgehead atoms. The van der Waals surface area contributed by atoms with Gasteiger partial charge in [0, 0.05) is 0 Å². The molecule has 21 heavy (non-hydrogen) atoms. The molecule has 1 fully saturated rings. The molecular weight excluding hydrogens is 270 g/mol. The summed E-state index contributed by atoms with van der Waals surface area (Å²) in [4.78, 5) is 23.2. The molecule has 0 spiro atoms. The Bertz CT molecular complexity index is 602. The van der Waals surface area contributed by atoms with E-state index in [9.17, 15) is 9.90 Å². The van der Waals surface area contributed by atoms with Crippen molar-refractivity contribution in [1.29, 1.82) is 0 Å². The second-order valence-corrected chi connectivity index (χ2v) is 4.82. The third-order valence-corrected chi connectivity index (χ3v) is 3.41. The second-order valence-electron chi connectivity index (χ2n) is 4.82. The number of likely N-dealkylation sites (tertiary alicyclic amines) is 1. The largest absolute Gasteiger partial charge is 0.453 e. The molecule has 0 aliphatic carbocycles. The average molecular weight is 285 g/mol. The van der Waals surface area contributed by atoms with Gasteiger partial charge < -0.3 is 5.11 Å². The SMILES string of the molecule is O=C(OOc1ccccc1)N1CC(O)C1c1ccccc1. The van der Waals surface area contributed by atoms with Gasteiger partial charge in [-0.05, 0) is 17.7 Å². The Morgan fingerprint density at radius 1 is 1.05 bits per heavy atom. The van der Waals surface area contributed by atoms with Crippen molar-refractivity contribution in [2.75, 3.05) is 6.54 Å². The van der Waals surface area contributed by atoms with Crippen LogP contribution in [0.5, 0.6) is 5.75 Å². The van der Waals surface area contributed by atoms with E-state index in [1.807, 2.05) is 36.4 Å². The van der Waals surface area contributed by atoms with Crippen LogP contribution in [0.2, 0.25) is 0 Å². The second kappa shape index (κ2) is 5.85. The highest BCUT2D eigenvalue weighted by atomic mass is 17.2. The predicted octanol–water partition coefficient (Wildman–Crippen LogP) is 2.53. The van der Waals surface area contributed by atoms with E-state index in [0.29, 0.717) is 5.75 Å². The van der Waals surface area contributed by atoms with Crippen molar-refractivity contribution in [3.63, 3.8) is 0 Å². The number of rotatable bonds is 3. The Labute approximate surface area is 122 Å². The lowest BCUT2D eigenvalue weighted by atomic mass is 9.92. The highest BCUT2D eigenvalue weighted by Crippen LogP contribution is 2.34. The molecule has 0 saturated carbocycles. The van der Waals surface area contributed by atoms with Crippen molar-refractivity contribution < 1.29 is 19.7 Å². The summed E-state index contributed by atoms with van der Waals surface area (Å²) in [6.45, 7) is 0.233. The van der Waals surface area contributed by atoms with Crippen LogP contribution in [0.25, 0.3) is 0 Å². The van der Waals surface area contributed by atoms with Crippen LogP contribution in [0.4, 0.5) is 4.79 Å². The Hall–Kier alpha value is -2.53. The number of aliphatic hydroxyl groups excluding tert-OH is 1. The van der Waals surface area contributed by atoms with Gasteiger partial charge in [0.25, 0.3) is 0 Å². The highest BCUT2D eigenvalue weighted by molar-refractivity contribution is 5.69. The van der Waals surface area contributed by atoms with E-state index in [-0.39, 0.29) is 6.54 Å². The van der Waals surface area contributed by atoms with Crippen molar-refractivity contribution in [3.8, 4) is 5.75 Å². The van der Waals surface area contributed by atoms with Gasteiger partial charge in [0.15, 0.2) is 5.75 Å². The van der Waals surface area contributed by atoms with Gasteiger partial charge in [0.1, 0.15) is 0 Å². The lowest BCUT2D eigenvalue weighted by molar-refractivity contribution is -0.173. The van der Waals surface area contributed by atoms with Crippen LogP contribution in [0, 0.1) is 0 Å². The van der Waals surface area contributed by atoms with Gasteiger partial charge in [0.2, 0.25) is 0 Å². The van der Waals surface area contributed by atoms with Crippen LogP contribution in [0.15, 0.2) is 60.7 Å². The van der Waals surface area contributed by atoms with E-state index in [1.165, 1.54) is 4.90 Å². The van der Waals surface area contributed by atoms with Crippen LogP contribution in [-0.2, 0) is 4.89 Å². The highest BCUT2D eigenvalue weighted by Gasteiger charge is 2.43. The van der Waals surface area contributed by atoms with Gasteiger partial charge in [0.05, 0.1) is 18.7 Å². The van der Waals surface area contributed by atoms with Crippen molar-refractivity contribution in [2.45, 2.75) is 12.1 Å². The Balaban J connectivity index is 1.62. The van der Waals surface area contributed by atoms with Crippen molar-refractivity contribution in [1.82, 2.24) is 4.90 Å². The van der Waals surface area contributed by atoms with Gasteiger partial charge in [-0.2, -0.15) is 0 Å². The first kappa shape index (κ1) is 13.5. The van der Waals surface area contributed by atoms with Crippen molar-refractivity contribution in [3.05, 3.63) is 66.2 Å². The summed E-state index contributed by atoms with van der Waals surface area (Å²) in [6, 6.07) is 17.7. The molecule has 2 atom stereocenters. The minimum absolute atomic E-state index is 0.233. The van der Waals surface area contributed by atoms with Crippen molar-refractivity contribution >= 4 is 6.09 Å². The molecule has 0 radical (unpaired) electrons. The Morgan fingerprint density at radius 2 is 1.67 bits per heavy atom. The number of benzene rings is 2. The number of hydrogen-bond donors (Lipinski definition) is 1. The van der Waals surface area contributed by atoms with Crippen LogP contribution < -0.4 is 4.89 Å². The topological polar surface area (TPSA) is 59.0 Å². The normalized spacial score (nSPS) is 20.5. The summed E-state index contributed by atoms with van der Waals surface area (Å²) >= 11 is 0. The number of carbonyl (C=O) groups excluding carboxylic acids is 1. The molecule has 2 aromatic rings. The number of hydrogen-bond acceptors (Lipinski definition) is 4. The first-order valence-electron chi connectivity index (χ1n) is 6.69. The molecular formula is C16H15NO4. The average Bonchev–Trinajstić information content (AvgIpc) is 2.52. The van der Waals surface area contributed by atoms with Gasteiger partial charge in [-0.15, -0.1) is 0 Å². The molecule has 1 amide bonds. The lowest BCUT2D eigenvalue weighted by Gasteiger charge is -2.43. The molecule has 1 N–H and O–H groups in total. The first-order valence-corrected chi connectivity index (χ1v) is 6.69. The van der Waals surface area contributed by atoms with Gasteiger partial charge in [-0.1, -0.05) is 48.5 Å². The summed E-state index contributed by atoms with van der Waals surface area (Å²) in [5, 5.41) is 9.88. The van der Waals surface area contributed by atoms with Gasteiger partial charge >= 0.3 is 6.09 Å². The Morgan fingerprint density at radius 3 is 2.29 bits per heavy atom. The van der Waals surface area contributed by atoms with Gasteiger partial charge in [-0.3, -0.25) is 9.79 Å². The number of β-amino-alcohol motifs (C(OH)–C–C–N with tert-alkyl or cyclic N) is 1. The molecule has 1 aliphatic rings. The van der Waals surface area contributed by atoms with Crippen molar-refractivity contribution in [2.24, 2.45) is 0 Å². The number of nitrogens with zero attached hydrogens (tertiary/aromatic N) is 1.